The van der Waals surface area contributed by atoms with Crippen LogP contribution in [0, 0.1) is 6.92 Å². The van der Waals surface area contributed by atoms with Gasteiger partial charge in [0, 0.05) is 31.6 Å². The lowest BCUT2D eigenvalue weighted by Gasteiger charge is -2.33. The van der Waals surface area contributed by atoms with Gasteiger partial charge in [-0.15, -0.1) is 11.3 Å². The molecule has 0 aliphatic carbocycles. The molecular weight excluding hydrogens is 346 g/mol. The number of carbonyl (C=O) groups excluding carboxylic acids is 1. The first-order valence-electron chi connectivity index (χ1n) is 7.69. The van der Waals surface area contributed by atoms with Gasteiger partial charge in [0.25, 0.3) is 5.91 Å². The van der Waals surface area contributed by atoms with Crippen LogP contribution in [0.5, 0.6) is 0 Å². The minimum Gasteiger partial charge on any atom is -0.335 e. The third kappa shape index (κ3) is 3.82. The first kappa shape index (κ1) is 17.1. The van der Waals surface area contributed by atoms with Gasteiger partial charge in [-0.3, -0.25) is 4.79 Å². The molecule has 6 nitrogen and oxygen atoms in total. The average Bonchev–Trinajstić information content (AvgIpc) is 3.01. The van der Waals surface area contributed by atoms with E-state index in [0.29, 0.717) is 31.9 Å². The minimum atomic E-state index is -3.36. The summed E-state index contributed by atoms with van der Waals surface area (Å²) in [5, 5.41) is 2.60. The largest absolute Gasteiger partial charge is 0.335 e. The van der Waals surface area contributed by atoms with Crippen LogP contribution >= 0.6 is 11.3 Å². The van der Waals surface area contributed by atoms with E-state index in [4.69, 9.17) is 0 Å². The molecule has 0 radical (unpaired) electrons. The average molecular weight is 365 g/mol. The molecule has 1 aliphatic rings. The summed E-state index contributed by atoms with van der Waals surface area (Å²) in [6.45, 7) is 3.29. The lowest BCUT2D eigenvalue weighted by atomic mass is 10.2. The van der Waals surface area contributed by atoms with Crippen molar-refractivity contribution in [2.75, 3.05) is 26.2 Å². The molecule has 0 N–H and O–H groups in total. The molecule has 1 saturated heterocycles. The van der Waals surface area contributed by atoms with Crippen molar-refractivity contribution >= 4 is 27.3 Å². The van der Waals surface area contributed by atoms with E-state index >= 15 is 0 Å². The molecule has 1 aromatic heterocycles. The van der Waals surface area contributed by atoms with Gasteiger partial charge in [0.2, 0.25) is 10.0 Å². The van der Waals surface area contributed by atoms with Crippen LogP contribution in [0.15, 0.2) is 35.7 Å². The zero-order valence-electron chi connectivity index (χ0n) is 13.4. The Labute approximate surface area is 145 Å². The van der Waals surface area contributed by atoms with Gasteiger partial charge < -0.3 is 4.90 Å². The topological polar surface area (TPSA) is 70.6 Å². The molecule has 0 spiro atoms. The van der Waals surface area contributed by atoms with Gasteiger partial charge in [-0.25, -0.2) is 13.4 Å². The first-order valence-corrected chi connectivity index (χ1v) is 10.2. The molecule has 1 fully saturated rings. The maximum atomic E-state index is 12.5. The van der Waals surface area contributed by atoms with Gasteiger partial charge >= 0.3 is 0 Å². The minimum absolute atomic E-state index is 0.00688. The Morgan fingerprint density at radius 2 is 1.83 bits per heavy atom. The fraction of sp³-hybridized carbons (Fsp3) is 0.375. The fourth-order valence-corrected chi connectivity index (χ4v) is 4.77. The fourth-order valence-electron chi connectivity index (χ4n) is 2.67. The van der Waals surface area contributed by atoms with Crippen molar-refractivity contribution in [3.8, 4) is 0 Å². The smallest absolute Gasteiger partial charge is 0.273 e. The summed E-state index contributed by atoms with van der Waals surface area (Å²) in [7, 11) is -3.36. The van der Waals surface area contributed by atoms with E-state index < -0.39 is 10.0 Å². The number of amides is 1. The Hall–Kier alpha value is -1.77. The van der Waals surface area contributed by atoms with Gasteiger partial charge in [-0.2, -0.15) is 4.31 Å². The first-order chi connectivity index (χ1) is 11.5. The van der Waals surface area contributed by atoms with Crippen molar-refractivity contribution in [3.05, 3.63) is 52.0 Å². The molecule has 128 valence electrons. The summed E-state index contributed by atoms with van der Waals surface area (Å²) in [5.41, 5.74) is 1.21. The van der Waals surface area contributed by atoms with Gasteiger partial charge in [0.1, 0.15) is 5.69 Å². The molecule has 1 amide bonds. The second-order valence-electron chi connectivity index (χ2n) is 5.68. The quantitative estimate of drug-likeness (QED) is 0.827. The number of carbonyl (C=O) groups is 1. The maximum absolute atomic E-state index is 12.5. The van der Waals surface area contributed by atoms with Gasteiger partial charge in [0.05, 0.1) is 10.8 Å². The molecule has 0 unspecified atom stereocenters. The van der Waals surface area contributed by atoms with Crippen LogP contribution in [-0.4, -0.2) is 54.7 Å². The number of thiazole rings is 1. The van der Waals surface area contributed by atoms with E-state index in [9.17, 15) is 13.2 Å². The van der Waals surface area contributed by atoms with Crippen molar-refractivity contribution in [3.63, 3.8) is 0 Å². The summed E-state index contributed by atoms with van der Waals surface area (Å²) >= 11 is 1.44. The number of nitrogens with zero attached hydrogens (tertiary/aromatic N) is 3. The van der Waals surface area contributed by atoms with Gasteiger partial charge in [0.15, 0.2) is 0 Å². The highest BCUT2D eigenvalue weighted by molar-refractivity contribution is 7.88. The lowest BCUT2D eigenvalue weighted by molar-refractivity contribution is 0.0692. The van der Waals surface area contributed by atoms with Crippen molar-refractivity contribution < 1.29 is 13.2 Å². The highest BCUT2D eigenvalue weighted by atomic mass is 32.2. The summed E-state index contributed by atoms with van der Waals surface area (Å²) in [6, 6.07) is 9.14. The van der Waals surface area contributed by atoms with E-state index in [1.54, 1.807) is 10.3 Å². The third-order valence-electron chi connectivity index (χ3n) is 3.95. The predicted octanol–water partition coefficient (Wildman–Crippen LogP) is 1.74. The summed E-state index contributed by atoms with van der Waals surface area (Å²) in [6.07, 6.45) is 0. The lowest BCUT2D eigenvalue weighted by Crippen LogP contribution is -2.50. The zero-order chi connectivity index (χ0) is 17.2. The van der Waals surface area contributed by atoms with E-state index in [1.807, 2.05) is 37.3 Å². The van der Waals surface area contributed by atoms with Gasteiger partial charge in [-0.1, -0.05) is 30.3 Å². The van der Waals surface area contributed by atoms with Crippen molar-refractivity contribution in [1.82, 2.24) is 14.2 Å². The Morgan fingerprint density at radius 3 is 2.42 bits per heavy atom. The number of piperazine rings is 1. The summed E-state index contributed by atoms with van der Waals surface area (Å²) < 4.78 is 26.5. The maximum Gasteiger partial charge on any atom is 0.273 e. The predicted molar refractivity (Wildman–Crippen MR) is 93.4 cm³/mol. The molecule has 1 aromatic carbocycles. The highest BCUT2D eigenvalue weighted by Crippen LogP contribution is 2.16. The Morgan fingerprint density at radius 1 is 1.17 bits per heavy atom. The number of aryl methyl sites for hydroxylation is 1. The molecule has 0 bridgehead atoms. The van der Waals surface area contributed by atoms with Crippen LogP contribution in [0.1, 0.15) is 21.1 Å². The molecule has 0 atom stereocenters. The zero-order valence-corrected chi connectivity index (χ0v) is 15.0. The van der Waals surface area contributed by atoms with Crippen molar-refractivity contribution in [1.29, 1.82) is 0 Å². The van der Waals surface area contributed by atoms with Crippen molar-refractivity contribution in [2.45, 2.75) is 12.7 Å². The van der Waals surface area contributed by atoms with E-state index in [0.717, 1.165) is 10.6 Å². The molecular formula is C16H19N3O3S2. The van der Waals surface area contributed by atoms with Crippen molar-refractivity contribution in [2.24, 2.45) is 0 Å². The van der Waals surface area contributed by atoms with Crippen LogP contribution in [0.2, 0.25) is 0 Å². The SMILES string of the molecule is Cc1nc(C(=O)N2CCN(S(=O)(=O)Cc3ccccc3)CC2)cs1. The van der Waals surface area contributed by atoms with E-state index in [-0.39, 0.29) is 11.7 Å². The second-order valence-corrected chi connectivity index (χ2v) is 8.72. The Kier molecular flexibility index (Phi) is 4.98. The molecule has 0 saturated carbocycles. The Bertz CT molecular complexity index is 810. The number of rotatable bonds is 4. The highest BCUT2D eigenvalue weighted by Gasteiger charge is 2.29. The summed E-state index contributed by atoms with van der Waals surface area (Å²) in [4.78, 5) is 18.2. The molecule has 8 heteroatoms. The standard InChI is InChI=1S/C16H19N3O3S2/c1-13-17-15(11-23-13)16(20)18-7-9-19(10-8-18)24(21,22)12-14-5-3-2-4-6-14/h2-6,11H,7-10,12H2,1H3. The number of benzene rings is 1. The third-order valence-corrected chi connectivity index (χ3v) is 6.57. The van der Waals surface area contributed by atoms with E-state index in [1.165, 1.54) is 15.6 Å². The molecule has 3 rings (SSSR count). The molecule has 2 heterocycles. The number of hydrogen-bond acceptors (Lipinski definition) is 5. The van der Waals surface area contributed by atoms with Gasteiger partial charge in [-0.05, 0) is 12.5 Å². The number of sulfonamides is 1. The second kappa shape index (κ2) is 7.00. The van der Waals surface area contributed by atoms with Crippen LogP contribution in [0.25, 0.3) is 0 Å². The van der Waals surface area contributed by atoms with Crippen LogP contribution in [0.4, 0.5) is 0 Å². The number of hydrogen-bond donors (Lipinski definition) is 0. The molecule has 2 aromatic rings. The number of aromatic nitrogens is 1. The monoisotopic (exact) mass is 365 g/mol. The Balaban J connectivity index is 1.61. The normalized spacial score (nSPS) is 16.3. The van der Waals surface area contributed by atoms with Crippen LogP contribution < -0.4 is 0 Å². The summed E-state index contributed by atoms with van der Waals surface area (Å²) in [5.74, 6) is -0.132. The van der Waals surface area contributed by atoms with Crippen LogP contribution in [-0.2, 0) is 15.8 Å². The molecule has 1 aliphatic heterocycles. The van der Waals surface area contributed by atoms with Crippen LogP contribution in [0.3, 0.4) is 0 Å². The van der Waals surface area contributed by atoms with E-state index in [2.05, 4.69) is 4.98 Å². The molecule has 24 heavy (non-hydrogen) atoms.